The van der Waals surface area contributed by atoms with Gasteiger partial charge in [0, 0.05) is 26.1 Å². The second-order valence-electron chi connectivity index (χ2n) is 7.70. The highest BCUT2D eigenvalue weighted by Gasteiger charge is 2.34. The third-order valence-electron chi connectivity index (χ3n) is 5.75. The molecule has 3 aromatic heterocycles. The summed E-state index contributed by atoms with van der Waals surface area (Å²) in [6.45, 7) is 4.61. The van der Waals surface area contributed by atoms with E-state index < -0.39 is 0 Å². The van der Waals surface area contributed by atoms with Gasteiger partial charge in [0.25, 0.3) is 5.91 Å². The topological polar surface area (TPSA) is 69.5 Å². The molecule has 1 unspecified atom stereocenters. The van der Waals surface area contributed by atoms with Gasteiger partial charge in [0.1, 0.15) is 0 Å². The van der Waals surface area contributed by atoms with E-state index in [1.807, 2.05) is 42.5 Å². The minimum atomic E-state index is -0.190. The van der Waals surface area contributed by atoms with E-state index in [0.29, 0.717) is 25.3 Å². The van der Waals surface area contributed by atoms with Crippen molar-refractivity contribution < 1.29 is 14.3 Å². The third kappa shape index (κ3) is 3.35. The van der Waals surface area contributed by atoms with Crippen molar-refractivity contribution in [1.29, 1.82) is 0 Å². The van der Waals surface area contributed by atoms with Crippen LogP contribution in [0, 0.1) is 12.8 Å². The van der Waals surface area contributed by atoms with E-state index in [9.17, 15) is 4.79 Å². The molecule has 5 rings (SSSR count). The van der Waals surface area contributed by atoms with Gasteiger partial charge in [-0.1, -0.05) is 6.07 Å². The Kier molecular flexibility index (Phi) is 4.85. The van der Waals surface area contributed by atoms with Crippen LogP contribution in [-0.4, -0.2) is 58.2 Å². The number of fused-ring (bicyclic) bond motifs is 1. The van der Waals surface area contributed by atoms with E-state index in [-0.39, 0.29) is 18.1 Å². The summed E-state index contributed by atoms with van der Waals surface area (Å²) in [5.41, 5.74) is 3.06. The number of rotatable bonds is 3. The summed E-state index contributed by atoms with van der Waals surface area (Å²) in [7, 11) is 1.88. The number of amides is 1. The van der Waals surface area contributed by atoms with Gasteiger partial charge in [-0.05, 0) is 37.3 Å². The van der Waals surface area contributed by atoms with E-state index in [2.05, 4.69) is 5.10 Å². The summed E-state index contributed by atoms with van der Waals surface area (Å²) in [4.78, 5) is 21.4. The minimum absolute atomic E-state index is 0.0361. The molecule has 0 spiro atoms. The molecule has 29 heavy (non-hydrogen) atoms. The van der Waals surface area contributed by atoms with Crippen LogP contribution < -0.4 is 0 Å². The van der Waals surface area contributed by atoms with Gasteiger partial charge in [0.05, 0.1) is 40.4 Å². The zero-order valence-corrected chi connectivity index (χ0v) is 17.4. The van der Waals surface area contributed by atoms with Gasteiger partial charge in [-0.2, -0.15) is 5.10 Å². The molecule has 3 aromatic rings. The van der Waals surface area contributed by atoms with Gasteiger partial charge in [0.15, 0.2) is 11.9 Å². The number of hydrogen-bond acceptors (Lipinski definition) is 6. The molecule has 7 nitrogen and oxygen atoms in total. The molecule has 0 bridgehead atoms. The fraction of sp³-hybridized carbons (Fsp3) is 0.476. The van der Waals surface area contributed by atoms with Gasteiger partial charge < -0.3 is 14.4 Å². The fourth-order valence-corrected chi connectivity index (χ4v) is 5.09. The van der Waals surface area contributed by atoms with Crippen LogP contribution in [0.15, 0.2) is 23.6 Å². The van der Waals surface area contributed by atoms with Crippen molar-refractivity contribution >= 4 is 28.3 Å². The van der Waals surface area contributed by atoms with E-state index in [1.54, 1.807) is 16.0 Å². The predicted molar refractivity (Wildman–Crippen MR) is 111 cm³/mol. The molecule has 2 aliphatic rings. The number of carbonyl (C=O) groups is 1. The molecule has 152 valence electrons. The summed E-state index contributed by atoms with van der Waals surface area (Å²) >= 11 is 1.62. The van der Waals surface area contributed by atoms with Crippen LogP contribution in [0.3, 0.4) is 0 Å². The normalized spacial score (nSPS) is 20.6. The fourth-order valence-electron chi connectivity index (χ4n) is 4.40. The highest BCUT2D eigenvalue weighted by molar-refractivity contribution is 7.13. The van der Waals surface area contributed by atoms with Gasteiger partial charge in [-0.3, -0.25) is 9.48 Å². The Hall–Kier alpha value is -2.29. The number of aromatic nitrogens is 3. The first-order valence-corrected chi connectivity index (χ1v) is 10.9. The van der Waals surface area contributed by atoms with Crippen molar-refractivity contribution in [1.82, 2.24) is 19.7 Å². The van der Waals surface area contributed by atoms with Crippen molar-refractivity contribution in [2.24, 2.45) is 13.0 Å². The molecule has 2 saturated heterocycles. The van der Waals surface area contributed by atoms with E-state index in [1.165, 1.54) is 0 Å². The summed E-state index contributed by atoms with van der Waals surface area (Å²) in [6, 6.07) is 5.96. The van der Waals surface area contributed by atoms with Crippen molar-refractivity contribution in [3.63, 3.8) is 0 Å². The predicted octanol–water partition coefficient (Wildman–Crippen LogP) is 3.23. The van der Waals surface area contributed by atoms with Gasteiger partial charge >= 0.3 is 0 Å². The lowest BCUT2D eigenvalue weighted by Gasteiger charge is -2.35. The molecule has 8 heteroatoms. The van der Waals surface area contributed by atoms with Crippen LogP contribution in [0.2, 0.25) is 0 Å². The Morgan fingerprint density at radius 3 is 2.90 bits per heavy atom. The van der Waals surface area contributed by atoms with Crippen LogP contribution in [0.4, 0.5) is 0 Å². The average Bonchev–Trinajstić information content (AvgIpc) is 3.50. The molecule has 0 radical (unpaired) electrons. The molecule has 1 amide bonds. The molecule has 0 N–H and O–H groups in total. The molecular weight excluding hydrogens is 388 g/mol. The summed E-state index contributed by atoms with van der Waals surface area (Å²) < 4.78 is 13.2. The maximum absolute atomic E-state index is 13.6. The molecule has 0 saturated carbocycles. The Balaban J connectivity index is 1.53. The van der Waals surface area contributed by atoms with Crippen LogP contribution in [0.5, 0.6) is 0 Å². The Morgan fingerprint density at radius 1 is 1.31 bits per heavy atom. The average molecular weight is 413 g/mol. The highest BCUT2D eigenvalue weighted by atomic mass is 32.1. The first kappa shape index (κ1) is 18.7. The van der Waals surface area contributed by atoms with Crippen molar-refractivity contribution in [3.8, 4) is 10.6 Å². The Labute approximate surface area is 173 Å². The van der Waals surface area contributed by atoms with Crippen molar-refractivity contribution in [2.45, 2.75) is 26.1 Å². The van der Waals surface area contributed by atoms with E-state index >= 15 is 0 Å². The lowest BCUT2D eigenvalue weighted by Crippen LogP contribution is -2.44. The number of hydrogen-bond donors (Lipinski definition) is 0. The second kappa shape index (κ2) is 7.51. The lowest BCUT2D eigenvalue weighted by atomic mass is 9.96. The number of pyridine rings is 1. The van der Waals surface area contributed by atoms with E-state index in [4.69, 9.17) is 14.5 Å². The summed E-state index contributed by atoms with van der Waals surface area (Å²) in [5, 5.41) is 7.39. The third-order valence-corrected chi connectivity index (χ3v) is 6.64. The molecule has 0 aliphatic carbocycles. The second-order valence-corrected chi connectivity index (χ2v) is 8.65. The van der Waals surface area contributed by atoms with Crippen molar-refractivity contribution in [2.75, 3.05) is 26.3 Å². The number of likely N-dealkylation sites (tertiary alicyclic amines) is 1. The zero-order chi connectivity index (χ0) is 20.0. The number of carbonyl (C=O) groups excluding carboxylic acids is 1. The monoisotopic (exact) mass is 412 g/mol. The van der Waals surface area contributed by atoms with Crippen LogP contribution in [0.1, 0.15) is 28.9 Å². The smallest absolute Gasteiger partial charge is 0.254 e. The quantitative estimate of drug-likeness (QED) is 0.661. The number of nitrogens with zero attached hydrogens (tertiary/aromatic N) is 4. The highest BCUT2D eigenvalue weighted by Crippen LogP contribution is 2.31. The number of ether oxygens (including phenoxy) is 2. The minimum Gasteiger partial charge on any atom is -0.350 e. The van der Waals surface area contributed by atoms with Gasteiger partial charge in [-0.15, -0.1) is 11.3 Å². The lowest BCUT2D eigenvalue weighted by molar-refractivity contribution is -0.0969. The standard InChI is InChI=1S/C21H24N4O3S/c1-13-18-15(11-16(17-6-4-10-29-17)22-19(18)24(2)23-13)20(26)25-7-3-5-14(12-25)21-27-8-9-28-21/h4,6,10-11,14,21H,3,5,7-9,12H2,1-2H3. The molecule has 5 heterocycles. The molecule has 0 aromatic carbocycles. The van der Waals surface area contributed by atoms with Crippen LogP contribution in [-0.2, 0) is 16.5 Å². The van der Waals surface area contributed by atoms with Gasteiger partial charge in [-0.25, -0.2) is 4.98 Å². The van der Waals surface area contributed by atoms with Crippen molar-refractivity contribution in [3.05, 3.63) is 34.8 Å². The number of piperidine rings is 1. The first-order valence-electron chi connectivity index (χ1n) is 10.0. The maximum atomic E-state index is 13.6. The SMILES string of the molecule is Cc1nn(C)c2nc(-c3cccs3)cc(C(=O)N3CCCC(C4OCCO4)C3)c12. The largest absolute Gasteiger partial charge is 0.350 e. The molecule has 1 atom stereocenters. The first-order chi connectivity index (χ1) is 14.1. The van der Waals surface area contributed by atoms with Crippen LogP contribution >= 0.6 is 11.3 Å². The van der Waals surface area contributed by atoms with E-state index in [0.717, 1.165) is 46.7 Å². The number of aryl methyl sites for hydroxylation is 2. The number of thiophene rings is 1. The Morgan fingerprint density at radius 2 is 2.14 bits per heavy atom. The summed E-state index contributed by atoms with van der Waals surface area (Å²) in [6.07, 6.45) is 1.79. The molecular formula is C21H24N4O3S. The van der Waals surface area contributed by atoms with Gasteiger partial charge in [0.2, 0.25) is 0 Å². The van der Waals surface area contributed by atoms with Crippen LogP contribution in [0.25, 0.3) is 21.6 Å². The Bertz CT molecular complexity index is 1040. The molecule has 2 fully saturated rings. The summed E-state index contributed by atoms with van der Waals surface area (Å²) in [5.74, 6) is 0.258. The molecule has 2 aliphatic heterocycles. The zero-order valence-electron chi connectivity index (χ0n) is 16.6. The maximum Gasteiger partial charge on any atom is 0.254 e.